The van der Waals surface area contributed by atoms with Gasteiger partial charge in [-0.3, -0.25) is 0 Å². The predicted octanol–water partition coefficient (Wildman–Crippen LogP) is 3.15. The second-order valence-electron chi connectivity index (χ2n) is 3.60. The van der Waals surface area contributed by atoms with Crippen LogP contribution in [0, 0.1) is 0 Å². The minimum Gasteiger partial charge on any atom is -0.472 e. The Labute approximate surface area is 93.7 Å². The molecule has 0 fully saturated rings. The van der Waals surface area contributed by atoms with E-state index in [1.54, 1.807) is 12.5 Å². The van der Waals surface area contributed by atoms with E-state index >= 15 is 0 Å². The summed E-state index contributed by atoms with van der Waals surface area (Å²) in [5.74, 6) is 0. The fourth-order valence-electron chi connectivity index (χ4n) is 1.55. The van der Waals surface area contributed by atoms with Crippen LogP contribution in [0.2, 0.25) is 0 Å². The molecule has 0 aliphatic rings. The van der Waals surface area contributed by atoms with Crippen molar-refractivity contribution in [1.82, 2.24) is 0 Å². The van der Waals surface area contributed by atoms with Crippen LogP contribution in [0.3, 0.4) is 0 Å². The molecule has 0 aromatic carbocycles. The maximum absolute atomic E-state index is 6.12. The van der Waals surface area contributed by atoms with Gasteiger partial charge in [-0.2, -0.15) is 0 Å². The molecule has 15 heavy (non-hydrogen) atoms. The maximum Gasteiger partial charge on any atom is 0.0935 e. The van der Waals surface area contributed by atoms with E-state index in [1.807, 2.05) is 17.4 Å². The van der Waals surface area contributed by atoms with Crippen LogP contribution < -0.4 is 5.73 Å². The molecule has 3 heteroatoms. The molecule has 0 bridgehead atoms. The van der Waals surface area contributed by atoms with E-state index in [4.69, 9.17) is 10.2 Å². The number of nitrogens with two attached hydrogens (primary N) is 1. The van der Waals surface area contributed by atoms with E-state index in [0.717, 1.165) is 18.4 Å². The van der Waals surface area contributed by atoms with Crippen molar-refractivity contribution in [2.24, 2.45) is 5.73 Å². The van der Waals surface area contributed by atoms with Crippen LogP contribution in [0.1, 0.15) is 28.3 Å². The smallest absolute Gasteiger partial charge is 0.0935 e. The summed E-state index contributed by atoms with van der Waals surface area (Å²) in [4.78, 5) is 2.65. The third-order valence-electron chi connectivity index (χ3n) is 2.43. The molecule has 2 N–H and O–H groups in total. The zero-order valence-corrected chi connectivity index (χ0v) is 9.59. The number of thiophene rings is 1. The van der Waals surface area contributed by atoms with Gasteiger partial charge in [0, 0.05) is 15.8 Å². The summed E-state index contributed by atoms with van der Waals surface area (Å²) in [6, 6.07) is 6.35. The number of hydrogen-bond acceptors (Lipinski definition) is 3. The lowest BCUT2D eigenvalue weighted by atomic mass is 10.1. The molecule has 80 valence electrons. The quantitative estimate of drug-likeness (QED) is 0.861. The molecule has 0 spiro atoms. The third-order valence-corrected chi connectivity index (χ3v) is 3.79. The molecule has 1 atom stereocenters. The number of aryl methyl sites for hydroxylation is 1. The third kappa shape index (κ3) is 2.49. The van der Waals surface area contributed by atoms with Gasteiger partial charge >= 0.3 is 0 Å². The van der Waals surface area contributed by atoms with Crippen molar-refractivity contribution in [3.63, 3.8) is 0 Å². The molecule has 2 rings (SSSR count). The molecule has 0 aliphatic carbocycles. The van der Waals surface area contributed by atoms with E-state index in [0.29, 0.717) is 0 Å². The Bertz CT molecular complexity index is 405. The van der Waals surface area contributed by atoms with Gasteiger partial charge in [-0.1, -0.05) is 6.92 Å². The minimum absolute atomic E-state index is 0.0906. The minimum atomic E-state index is 0.0906. The van der Waals surface area contributed by atoms with Crippen LogP contribution in [-0.4, -0.2) is 0 Å². The molecule has 2 nitrogen and oxygen atoms in total. The van der Waals surface area contributed by atoms with E-state index in [9.17, 15) is 0 Å². The fourth-order valence-corrected chi connectivity index (χ4v) is 2.50. The first-order valence-corrected chi connectivity index (χ1v) is 5.96. The van der Waals surface area contributed by atoms with Gasteiger partial charge in [-0.25, -0.2) is 0 Å². The van der Waals surface area contributed by atoms with Crippen molar-refractivity contribution in [3.8, 4) is 0 Å². The molecule has 0 saturated heterocycles. The van der Waals surface area contributed by atoms with Gasteiger partial charge in [-0.05, 0) is 36.6 Å². The summed E-state index contributed by atoms with van der Waals surface area (Å²) in [6.07, 6.45) is 5.38. The van der Waals surface area contributed by atoms with Crippen LogP contribution in [0.5, 0.6) is 0 Å². The lowest BCUT2D eigenvalue weighted by molar-refractivity contribution is 0.561. The first-order chi connectivity index (χ1) is 7.29. The Hall–Kier alpha value is -1.06. The van der Waals surface area contributed by atoms with Gasteiger partial charge in [0.25, 0.3) is 0 Å². The Morgan fingerprint density at radius 2 is 2.27 bits per heavy atom. The highest BCUT2D eigenvalue weighted by Crippen LogP contribution is 2.24. The zero-order chi connectivity index (χ0) is 10.7. The number of rotatable bonds is 4. The van der Waals surface area contributed by atoms with Crippen LogP contribution in [0.4, 0.5) is 0 Å². The second-order valence-corrected chi connectivity index (χ2v) is 4.80. The highest BCUT2D eigenvalue weighted by atomic mass is 32.1. The Balaban J connectivity index is 2.04. The van der Waals surface area contributed by atoms with E-state index in [-0.39, 0.29) is 6.04 Å². The van der Waals surface area contributed by atoms with Crippen molar-refractivity contribution in [2.75, 3.05) is 0 Å². The second kappa shape index (κ2) is 4.64. The number of hydrogen-bond donors (Lipinski definition) is 1. The maximum atomic E-state index is 6.12. The SMILES string of the molecule is CCc1ccc(C(N)Cc2ccoc2)s1. The molecule has 2 aromatic rings. The van der Waals surface area contributed by atoms with Crippen LogP contribution in [-0.2, 0) is 12.8 Å². The van der Waals surface area contributed by atoms with Crippen molar-refractivity contribution < 1.29 is 4.42 Å². The largest absolute Gasteiger partial charge is 0.472 e. The monoisotopic (exact) mass is 221 g/mol. The fraction of sp³-hybridized carbons (Fsp3) is 0.333. The van der Waals surface area contributed by atoms with Crippen molar-refractivity contribution in [1.29, 1.82) is 0 Å². The lowest BCUT2D eigenvalue weighted by Crippen LogP contribution is -2.11. The average Bonchev–Trinajstić information content (AvgIpc) is 2.86. The van der Waals surface area contributed by atoms with Crippen LogP contribution >= 0.6 is 11.3 Å². The first-order valence-electron chi connectivity index (χ1n) is 5.15. The summed E-state index contributed by atoms with van der Waals surface area (Å²) in [5, 5.41) is 0. The van der Waals surface area contributed by atoms with Gasteiger partial charge in [0.2, 0.25) is 0 Å². The summed E-state index contributed by atoms with van der Waals surface area (Å²) < 4.78 is 5.03. The van der Waals surface area contributed by atoms with Crippen LogP contribution in [0.25, 0.3) is 0 Å². The molecule has 0 saturated carbocycles. The van der Waals surface area contributed by atoms with Gasteiger partial charge in [0.05, 0.1) is 12.5 Å². The highest BCUT2D eigenvalue weighted by Gasteiger charge is 2.10. The van der Waals surface area contributed by atoms with Crippen LogP contribution in [0.15, 0.2) is 35.1 Å². The summed E-state index contributed by atoms with van der Waals surface area (Å²) in [5.41, 5.74) is 7.28. The van der Waals surface area contributed by atoms with Gasteiger partial charge in [0.15, 0.2) is 0 Å². The normalized spacial score (nSPS) is 12.9. The Morgan fingerprint density at radius 3 is 2.87 bits per heavy atom. The summed E-state index contributed by atoms with van der Waals surface area (Å²) >= 11 is 1.81. The van der Waals surface area contributed by atoms with Gasteiger partial charge in [0.1, 0.15) is 0 Å². The molecule has 0 aliphatic heterocycles. The Kier molecular flexibility index (Phi) is 3.23. The summed E-state index contributed by atoms with van der Waals surface area (Å²) in [7, 11) is 0. The topological polar surface area (TPSA) is 39.2 Å². The van der Waals surface area contributed by atoms with Gasteiger partial charge in [-0.15, -0.1) is 11.3 Å². The van der Waals surface area contributed by atoms with E-state index in [1.165, 1.54) is 9.75 Å². The molecule has 2 heterocycles. The van der Waals surface area contributed by atoms with Gasteiger partial charge < -0.3 is 10.2 Å². The predicted molar refractivity (Wildman–Crippen MR) is 63.0 cm³/mol. The van der Waals surface area contributed by atoms with Crippen molar-refractivity contribution in [2.45, 2.75) is 25.8 Å². The summed E-state index contributed by atoms with van der Waals surface area (Å²) in [6.45, 7) is 2.16. The molecular formula is C12H15NOS. The molecule has 2 aromatic heterocycles. The van der Waals surface area contributed by atoms with E-state index < -0.39 is 0 Å². The van der Waals surface area contributed by atoms with E-state index in [2.05, 4.69) is 19.1 Å². The molecular weight excluding hydrogens is 206 g/mol. The van der Waals surface area contributed by atoms with Crippen molar-refractivity contribution in [3.05, 3.63) is 46.0 Å². The highest BCUT2D eigenvalue weighted by molar-refractivity contribution is 7.12. The standard InChI is InChI=1S/C12H15NOS/c1-2-10-3-4-12(15-10)11(13)7-9-5-6-14-8-9/h3-6,8,11H,2,7,13H2,1H3. The zero-order valence-electron chi connectivity index (χ0n) is 8.77. The average molecular weight is 221 g/mol. The number of furan rings is 1. The Morgan fingerprint density at radius 1 is 1.40 bits per heavy atom. The molecule has 0 amide bonds. The molecule has 1 unspecified atom stereocenters. The molecule has 0 radical (unpaired) electrons. The lowest BCUT2D eigenvalue weighted by Gasteiger charge is -2.06. The van der Waals surface area contributed by atoms with Crippen molar-refractivity contribution >= 4 is 11.3 Å². The first kappa shape index (κ1) is 10.5.